The lowest BCUT2D eigenvalue weighted by molar-refractivity contribution is -0.122. The van der Waals surface area contributed by atoms with Gasteiger partial charge in [-0.1, -0.05) is 41.4 Å². The number of sulfonamides is 1. The predicted molar refractivity (Wildman–Crippen MR) is 116 cm³/mol. The molecule has 5 nitrogen and oxygen atoms in total. The van der Waals surface area contributed by atoms with E-state index in [0.29, 0.717) is 5.02 Å². The van der Waals surface area contributed by atoms with E-state index < -0.39 is 22.0 Å². The SMILES string of the molecule is Cc1ccc([C@@H](C)NC(=O)[C@H](C)N(c2ccc(Cl)c(Cl)c2)S(C)(=O)=O)cc1C. The molecule has 1 amide bonds. The number of hydrogen-bond donors (Lipinski definition) is 1. The Morgan fingerprint density at radius 3 is 2.18 bits per heavy atom. The largest absolute Gasteiger partial charge is 0.348 e. The molecule has 2 rings (SSSR count). The molecule has 0 heterocycles. The third-order valence-electron chi connectivity index (χ3n) is 4.64. The monoisotopic (exact) mass is 442 g/mol. The van der Waals surface area contributed by atoms with Crippen LogP contribution in [0.15, 0.2) is 36.4 Å². The molecule has 28 heavy (non-hydrogen) atoms. The van der Waals surface area contributed by atoms with Crippen LogP contribution in [0.25, 0.3) is 0 Å². The third-order valence-corrected chi connectivity index (χ3v) is 6.62. The molecular weight excluding hydrogens is 419 g/mol. The number of halogens is 2. The fourth-order valence-electron chi connectivity index (χ4n) is 2.88. The summed E-state index contributed by atoms with van der Waals surface area (Å²) in [7, 11) is -3.73. The van der Waals surface area contributed by atoms with E-state index in [1.165, 1.54) is 30.7 Å². The van der Waals surface area contributed by atoms with Gasteiger partial charge in [0.05, 0.1) is 28.0 Å². The van der Waals surface area contributed by atoms with Gasteiger partial charge < -0.3 is 5.32 Å². The summed E-state index contributed by atoms with van der Waals surface area (Å²) in [6.45, 7) is 7.42. The van der Waals surface area contributed by atoms with E-state index >= 15 is 0 Å². The molecular formula is C20H24Cl2N2O3S. The molecule has 2 atom stereocenters. The molecule has 0 fully saturated rings. The fraction of sp³-hybridized carbons (Fsp3) is 0.350. The van der Waals surface area contributed by atoms with Crippen LogP contribution in [0.2, 0.25) is 10.0 Å². The molecule has 0 unspecified atom stereocenters. The van der Waals surface area contributed by atoms with Crippen molar-refractivity contribution >= 4 is 44.8 Å². The number of aryl methyl sites for hydroxylation is 2. The quantitative estimate of drug-likeness (QED) is 0.707. The number of carbonyl (C=O) groups excluding carboxylic acids is 1. The summed E-state index contributed by atoms with van der Waals surface area (Å²) in [4.78, 5) is 12.8. The maximum Gasteiger partial charge on any atom is 0.244 e. The molecule has 2 aromatic rings. The number of rotatable bonds is 6. The predicted octanol–water partition coefficient (Wildman–Crippen LogP) is 4.64. The summed E-state index contributed by atoms with van der Waals surface area (Å²) in [5.41, 5.74) is 3.52. The highest BCUT2D eigenvalue weighted by Crippen LogP contribution is 2.30. The van der Waals surface area contributed by atoms with Crippen LogP contribution in [0.5, 0.6) is 0 Å². The molecule has 0 radical (unpaired) electrons. The average Bonchev–Trinajstić information content (AvgIpc) is 2.59. The topological polar surface area (TPSA) is 66.5 Å². The highest BCUT2D eigenvalue weighted by atomic mass is 35.5. The van der Waals surface area contributed by atoms with Crippen LogP contribution in [0, 0.1) is 13.8 Å². The van der Waals surface area contributed by atoms with Gasteiger partial charge in [0, 0.05) is 0 Å². The van der Waals surface area contributed by atoms with Gasteiger partial charge in [0.1, 0.15) is 6.04 Å². The van der Waals surface area contributed by atoms with Crippen molar-refractivity contribution in [2.75, 3.05) is 10.6 Å². The van der Waals surface area contributed by atoms with Crippen LogP contribution in [-0.4, -0.2) is 26.6 Å². The summed E-state index contributed by atoms with van der Waals surface area (Å²) >= 11 is 12.0. The lowest BCUT2D eigenvalue weighted by Gasteiger charge is -2.29. The fourth-order valence-corrected chi connectivity index (χ4v) is 4.34. The molecule has 0 aliphatic heterocycles. The van der Waals surface area contributed by atoms with Gasteiger partial charge in [0.25, 0.3) is 0 Å². The van der Waals surface area contributed by atoms with Crippen molar-refractivity contribution in [2.24, 2.45) is 0 Å². The van der Waals surface area contributed by atoms with Gasteiger partial charge in [-0.2, -0.15) is 0 Å². The van der Waals surface area contributed by atoms with E-state index in [0.717, 1.165) is 21.7 Å². The summed E-state index contributed by atoms with van der Waals surface area (Å²) in [6.07, 6.45) is 1.05. The molecule has 0 aromatic heterocycles. The maximum atomic E-state index is 12.8. The van der Waals surface area contributed by atoms with Crippen molar-refractivity contribution in [3.8, 4) is 0 Å². The highest BCUT2D eigenvalue weighted by molar-refractivity contribution is 7.92. The van der Waals surface area contributed by atoms with Gasteiger partial charge in [-0.3, -0.25) is 9.10 Å². The van der Waals surface area contributed by atoms with Gasteiger partial charge in [0.15, 0.2) is 0 Å². The lowest BCUT2D eigenvalue weighted by atomic mass is 10.0. The van der Waals surface area contributed by atoms with E-state index in [1.807, 2.05) is 39.0 Å². The first kappa shape index (κ1) is 22.5. The first-order valence-corrected chi connectivity index (χ1v) is 11.3. The Kier molecular flexibility index (Phi) is 7.02. The number of nitrogens with one attached hydrogen (secondary N) is 1. The maximum absolute atomic E-state index is 12.8. The van der Waals surface area contributed by atoms with E-state index in [4.69, 9.17) is 23.2 Å². The second kappa shape index (κ2) is 8.72. The third kappa shape index (κ3) is 5.19. The van der Waals surface area contributed by atoms with Gasteiger partial charge in [-0.05, 0) is 62.6 Å². The van der Waals surface area contributed by atoms with Crippen molar-refractivity contribution in [1.29, 1.82) is 0 Å². The summed E-state index contributed by atoms with van der Waals surface area (Å²) < 4.78 is 25.8. The normalized spacial score (nSPS) is 13.7. The zero-order chi connectivity index (χ0) is 21.2. The minimum atomic E-state index is -3.73. The minimum absolute atomic E-state index is 0.212. The summed E-state index contributed by atoms with van der Waals surface area (Å²) in [5, 5.41) is 3.40. The highest BCUT2D eigenvalue weighted by Gasteiger charge is 2.30. The second-order valence-corrected chi connectivity index (χ2v) is 9.58. The molecule has 0 aliphatic carbocycles. The number of hydrogen-bond acceptors (Lipinski definition) is 3. The van der Waals surface area contributed by atoms with E-state index in [-0.39, 0.29) is 16.8 Å². The van der Waals surface area contributed by atoms with Crippen molar-refractivity contribution in [2.45, 2.75) is 39.8 Å². The first-order chi connectivity index (χ1) is 12.9. The number of amides is 1. The minimum Gasteiger partial charge on any atom is -0.348 e. The van der Waals surface area contributed by atoms with E-state index in [2.05, 4.69) is 5.32 Å². The van der Waals surface area contributed by atoms with Crippen LogP contribution < -0.4 is 9.62 Å². The first-order valence-electron chi connectivity index (χ1n) is 8.73. The Hall–Kier alpha value is -1.76. The molecule has 0 saturated heterocycles. The molecule has 0 saturated carbocycles. The van der Waals surface area contributed by atoms with E-state index in [1.54, 1.807) is 0 Å². The van der Waals surface area contributed by atoms with Gasteiger partial charge in [0.2, 0.25) is 15.9 Å². The zero-order valence-electron chi connectivity index (χ0n) is 16.5. The van der Waals surface area contributed by atoms with Crippen LogP contribution >= 0.6 is 23.2 Å². The molecule has 0 aliphatic rings. The number of anilines is 1. The van der Waals surface area contributed by atoms with Crippen LogP contribution in [0.4, 0.5) is 5.69 Å². The van der Waals surface area contributed by atoms with Crippen LogP contribution in [0.3, 0.4) is 0 Å². The smallest absolute Gasteiger partial charge is 0.244 e. The number of carbonyl (C=O) groups is 1. The lowest BCUT2D eigenvalue weighted by Crippen LogP contribution is -2.48. The van der Waals surface area contributed by atoms with Crippen LogP contribution in [0.1, 0.15) is 36.6 Å². The standard InChI is InChI=1S/C20H24Cl2N2O3S/c1-12-6-7-16(10-13(12)2)14(3)23-20(25)15(4)24(28(5,26)27)17-8-9-18(21)19(22)11-17/h6-11,14-15H,1-5H3,(H,23,25)/t14-,15+/m1/s1. The Balaban J connectivity index is 2.28. The van der Waals surface area contributed by atoms with Gasteiger partial charge >= 0.3 is 0 Å². The van der Waals surface area contributed by atoms with E-state index in [9.17, 15) is 13.2 Å². The number of nitrogens with zero attached hydrogens (tertiary/aromatic N) is 1. The van der Waals surface area contributed by atoms with Crippen molar-refractivity contribution in [1.82, 2.24) is 5.32 Å². The Labute approximate surface area is 176 Å². The Morgan fingerprint density at radius 1 is 1.00 bits per heavy atom. The second-order valence-electron chi connectivity index (χ2n) is 6.91. The molecule has 8 heteroatoms. The summed E-state index contributed by atoms with van der Waals surface area (Å²) in [6, 6.07) is 9.16. The van der Waals surface area contributed by atoms with Crippen molar-refractivity contribution in [3.63, 3.8) is 0 Å². The average molecular weight is 443 g/mol. The molecule has 2 aromatic carbocycles. The summed E-state index contributed by atoms with van der Waals surface area (Å²) in [5.74, 6) is -0.415. The Morgan fingerprint density at radius 2 is 1.64 bits per heavy atom. The Bertz CT molecular complexity index is 993. The molecule has 0 bridgehead atoms. The van der Waals surface area contributed by atoms with Crippen molar-refractivity contribution in [3.05, 3.63) is 63.1 Å². The van der Waals surface area contributed by atoms with Crippen LogP contribution in [-0.2, 0) is 14.8 Å². The molecule has 1 N–H and O–H groups in total. The zero-order valence-corrected chi connectivity index (χ0v) is 18.8. The van der Waals surface area contributed by atoms with Crippen molar-refractivity contribution < 1.29 is 13.2 Å². The van der Waals surface area contributed by atoms with Gasteiger partial charge in [-0.15, -0.1) is 0 Å². The van der Waals surface area contributed by atoms with Gasteiger partial charge in [-0.25, -0.2) is 8.42 Å². The molecule has 152 valence electrons. The number of benzene rings is 2. The molecule has 0 spiro atoms.